The Morgan fingerprint density at radius 3 is 2.73 bits per heavy atom. The molecule has 0 amide bonds. The fraction of sp³-hybridized carbons (Fsp3) is 0.800. The maximum Gasteiger partial charge on any atom is 0.00660 e. The molecule has 0 spiro atoms. The van der Waals surface area contributed by atoms with Crippen LogP contribution in [0.3, 0.4) is 0 Å². The topological polar surface area (TPSA) is 0 Å². The van der Waals surface area contributed by atoms with Crippen molar-refractivity contribution >= 4 is 15.9 Å². The summed E-state index contributed by atoms with van der Waals surface area (Å²) in [6.45, 7) is 2.26. The van der Waals surface area contributed by atoms with Gasteiger partial charge >= 0.3 is 0 Å². The van der Waals surface area contributed by atoms with Crippen LogP contribution in [0.2, 0.25) is 0 Å². The lowest BCUT2D eigenvalue weighted by Gasteiger charge is -2.25. The van der Waals surface area contributed by atoms with Gasteiger partial charge < -0.3 is 0 Å². The van der Waals surface area contributed by atoms with Gasteiger partial charge in [-0.3, -0.25) is 0 Å². The van der Waals surface area contributed by atoms with Gasteiger partial charge in [0, 0.05) is 5.33 Å². The molecule has 0 heterocycles. The highest BCUT2D eigenvalue weighted by Crippen LogP contribution is 2.31. The second kappa shape index (κ2) is 4.97. The number of hydrogen-bond acceptors (Lipinski definition) is 0. The molecule has 1 fully saturated rings. The summed E-state index contributed by atoms with van der Waals surface area (Å²) in [7, 11) is 0. The summed E-state index contributed by atoms with van der Waals surface area (Å²) in [6.07, 6.45) is 9.33. The van der Waals surface area contributed by atoms with Crippen LogP contribution in [0.25, 0.3) is 0 Å². The smallest absolute Gasteiger partial charge is 0.00660 e. The third-order valence-corrected chi connectivity index (χ3v) is 2.90. The summed E-state index contributed by atoms with van der Waals surface area (Å²) < 4.78 is 0. The van der Waals surface area contributed by atoms with Crippen molar-refractivity contribution in [1.29, 1.82) is 0 Å². The minimum absolute atomic E-state index is 1.03. The molecule has 0 aromatic carbocycles. The zero-order chi connectivity index (χ0) is 8.10. The second-order valence-electron chi connectivity index (χ2n) is 3.53. The molecule has 1 rings (SSSR count). The highest BCUT2D eigenvalue weighted by atomic mass is 79.9. The van der Waals surface area contributed by atoms with Crippen molar-refractivity contribution < 1.29 is 0 Å². The van der Waals surface area contributed by atoms with Gasteiger partial charge in [0.05, 0.1) is 0 Å². The first-order chi connectivity index (χ1) is 5.33. The normalized spacial score (nSPS) is 20.0. The first kappa shape index (κ1) is 9.31. The number of rotatable bonds is 4. The van der Waals surface area contributed by atoms with E-state index in [9.17, 15) is 0 Å². The van der Waals surface area contributed by atoms with E-state index in [1.54, 1.807) is 5.57 Å². The summed E-state index contributed by atoms with van der Waals surface area (Å²) >= 11 is 3.43. The maximum atomic E-state index is 3.43. The average Bonchev–Trinajstić information content (AvgIpc) is 1.93. The Hall–Kier alpha value is 0.220. The second-order valence-corrected chi connectivity index (χ2v) is 4.32. The van der Waals surface area contributed by atoms with E-state index in [2.05, 4.69) is 28.9 Å². The first-order valence-corrected chi connectivity index (χ1v) is 5.66. The molecule has 64 valence electrons. The van der Waals surface area contributed by atoms with E-state index in [0.29, 0.717) is 0 Å². The summed E-state index contributed by atoms with van der Waals surface area (Å²) in [5.41, 5.74) is 1.59. The number of allylic oxidation sites excluding steroid dienone is 2. The van der Waals surface area contributed by atoms with E-state index < -0.39 is 0 Å². The fourth-order valence-electron chi connectivity index (χ4n) is 1.54. The molecule has 0 radical (unpaired) electrons. The van der Waals surface area contributed by atoms with Gasteiger partial charge in [-0.25, -0.2) is 0 Å². The number of halogens is 1. The van der Waals surface area contributed by atoms with Crippen LogP contribution in [0, 0.1) is 5.92 Å². The lowest BCUT2D eigenvalue weighted by atomic mass is 9.81. The summed E-state index contributed by atoms with van der Waals surface area (Å²) in [5.74, 6) is 1.03. The molecule has 1 heteroatoms. The quantitative estimate of drug-likeness (QED) is 0.494. The van der Waals surface area contributed by atoms with Crippen molar-refractivity contribution in [3.05, 3.63) is 11.6 Å². The minimum atomic E-state index is 1.03. The number of alkyl halides is 1. The molecule has 1 aliphatic carbocycles. The summed E-state index contributed by atoms with van der Waals surface area (Å²) in [6, 6.07) is 0. The van der Waals surface area contributed by atoms with Gasteiger partial charge in [-0.2, -0.15) is 0 Å². The van der Waals surface area contributed by atoms with Crippen LogP contribution in [-0.2, 0) is 0 Å². The molecule has 0 aromatic rings. The van der Waals surface area contributed by atoms with Gasteiger partial charge in [-0.05, 0) is 25.7 Å². The predicted octanol–water partition coefficient (Wildman–Crippen LogP) is 3.91. The third-order valence-electron chi connectivity index (χ3n) is 2.44. The molecule has 0 nitrogen and oxygen atoms in total. The Labute approximate surface area is 78.2 Å². The monoisotopic (exact) mass is 216 g/mol. The lowest BCUT2D eigenvalue weighted by molar-refractivity contribution is 0.313. The molecule has 11 heavy (non-hydrogen) atoms. The molecule has 0 saturated heterocycles. The Kier molecular flexibility index (Phi) is 4.21. The molecule has 0 aromatic heterocycles. The van der Waals surface area contributed by atoms with Gasteiger partial charge in [0.1, 0.15) is 0 Å². The van der Waals surface area contributed by atoms with Crippen LogP contribution in [0.5, 0.6) is 0 Å². The Morgan fingerprint density at radius 1 is 1.55 bits per heavy atom. The van der Waals surface area contributed by atoms with Crippen LogP contribution in [0.4, 0.5) is 0 Å². The van der Waals surface area contributed by atoms with E-state index in [1.165, 1.54) is 32.1 Å². The molecule has 1 saturated carbocycles. The van der Waals surface area contributed by atoms with Gasteiger partial charge in [-0.15, -0.1) is 0 Å². The molecule has 1 aliphatic rings. The Balaban J connectivity index is 2.12. The molecule has 0 unspecified atom stereocenters. The average molecular weight is 217 g/mol. The zero-order valence-corrected chi connectivity index (χ0v) is 8.86. The van der Waals surface area contributed by atoms with Crippen molar-refractivity contribution in [3.63, 3.8) is 0 Å². The predicted molar refractivity (Wildman–Crippen MR) is 54.1 cm³/mol. The van der Waals surface area contributed by atoms with Gasteiger partial charge in [0.25, 0.3) is 0 Å². The van der Waals surface area contributed by atoms with Crippen molar-refractivity contribution in [2.24, 2.45) is 5.92 Å². The van der Waals surface area contributed by atoms with Crippen molar-refractivity contribution in [1.82, 2.24) is 0 Å². The molecule has 0 aliphatic heterocycles. The number of hydrogen-bond donors (Lipinski definition) is 0. The van der Waals surface area contributed by atoms with E-state index in [1.807, 2.05) is 0 Å². The SMILES string of the molecule is CC(=CCCBr)CC1CCC1. The Bertz CT molecular complexity index is 134. The molecule has 0 atom stereocenters. The first-order valence-electron chi connectivity index (χ1n) is 4.54. The molecular formula is C10H17Br. The minimum Gasteiger partial charge on any atom is -0.0925 e. The van der Waals surface area contributed by atoms with E-state index in [0.717, 1.165) is 11.2 Å². The van der Waals surface area contributed by atoms with E-state index in [-0.39, 0.29) is 0 Å². The Morgan fingerprint density at radius 2 is 2.27 bits per heavy atom. The van der Waals surface area contributed by atoms with Crippen molar-refractivity contribution in [2.75, 3.05) is 5.33 Å². The highest BCUT2D eigenvalue weighted by Gasteiger charge is 2.16. The molecule has 0 bridgehead atoms. The zero-order valence-electron chi connectivity index (χ0n) is 7.28. The lowest BCUT2D eigenvalue weighted by Crippen LogP contribution is -2.10. The van der Waals surface area contributed by atoms with Gasteiger partial charge in [0.2, 0.25) is 0 Å². The highest BCUT2D eigenvalue weighted by molar-refractivity contribution is 9.09. The van der Waals surface area contributed by atoms with Crippen LogP contribution in [0.1, 0.15) is 39.0 Å². The third kappa shape index (κ3) is 3.42. The van der Waals surface area contributed by atoms with Crippen LogP contribution in [0.15, 0.2) is 11.6 Å². The summed E-state index contributed by atoms with van der Waals surface area (Å²) in [5, 5.41) is 1.11. The van der Waals surface area contributed by atoms with E-state index in [4.69, 9.17) is 0 Å². The fourth-order valence-corrected chi connectivity index (χ4v) is 1.77. The van der Waals surface area contributed by atoms with Gasteiger partial charge in [-0.1, -0.05) is 46.8 Å². The van der Waals surface area contributed by atoms with Crippen molar-refractivity contribution in [2.45, 2.75) is 39.0 Å². The van der Waals surface area contributed by atoms with Crippen LogP contribution in [-0.4, -0.2) is 5.33 Å². The molecule has 0 N–H and O–H groups in total. The van der Waals surface area contributed by atoms with E-state index >= 15 is 0 Å². The molecular weight excluding hydrogens is 200 g/mol. The van der Waals surface area contributed by atoms with Crippen molar-refractivity contribution in [3.8, 4) is 0 Å². The summed E-state index contributed by atoms with van der Waals surface area (Å²) in [4.78, 5) is 0. The standard InChI is InChI=1S/C10H17Br/c1-9(4-3-7-11)8-10-5-2-6-10/h4,10H,2-3,5-8H2,1H3. The maximum absolute atomic E-state index is 3.43. The van der Waals surface area contributed by atoms with Crippen LogP contribution < -0.4 is 0 Å². The van der Waals surface area contributed by atoms with Gasteiger partial charge in [0.15, 0.2) is 0 Å². The largest absolute Gasteiger partial charge is 0.0925 e. The van der Waals surface area contributed by atoms with Crippen LogP contribution >= 0.6 is 15.9 Å².